The molecule has 0 aliphatic heterocycles. The average Bonchev–Trinajstić information content (AvgIpc) is 2.28. The summed E-state index contributed by atoms with van der Waals surface area (Å²) in [6.45, 7) is 3.50. The molecule has 0 aromatic heterocycles. The fourth-order valence-corrected chi connectivity index (χ4v) is 1.99. The number of nitrogens with one attached hydrogen (secondary N) is 1. The van der Waals surface area contributed by atoms with Gasteiger partial charge in [-0.05, 0) is 38.1 Å². The van der Waals surface area contributed by atoms with Crippen molar-refractivity contribution >= 4 is 21.4 Å². The fraction of sp³-hybridized carbons (Fsp3) is 0.250. The number of hydrogen-bond acceptors (Lipinski definition) is 3. The van der Waals surface area contributed by atoms with E-state index in [0.717, 1.165) is 17.7 Å². The average molecular weight is 289 g/mol. The third-order valence-electron chi connectivity index (χ3n) is 2.10. The normalized spacial score (nSPS) is 11.2. The quantitative estimate of drug-likeness (QED) is 0.866. The molecule has 1 aromatic carbocycles. The molecule has 0 aliphatic carbocycles. The number of benzene rings is 1. The molecule has 104 valence electrons. The largest absolute Gasteiger partial charge is 0.341 e. The van der Waals surface area contributed by atoms with Crippen molar-refractivity contribution in [1.82, 2.24) is 0 Å². The van der Waals surface area contributed by atoms with Crippen molar-refractivity contribution < 1.29 is 22.0 Å². The van der Waals surface area contributed by atoms with Crippen LogP contribution >= 0.6 is 0 Å². The molecule has 0 heterocycles. The molecule has 0 saturated carbocycles. The maximum Gasteiger partial charge on any atom is 0.341 e. The molecule has 7 heteroatoms. The first-order chi connectivity index (χ1) is 8.73. The van der Waals surface area contributed by atoms with Gasteiger partial charge in [0.15, 0.2) is 0 Å². The summed E-state index contributed by atoms with van der Waals surface area (Å²) >= 11 is 0. The first-order valence-corrected chi connectivity index (χ1v) is 6.86. The summed E-state index contributed by atoms with van der Waals surface area (Å²) in [4.78, 5) is 10.9. The number of carbonyl (C=O) groups excluding carboxylic acids is 1. The number of halogens is 2. The van der Waals surface area contributed by atoms with E-state index in [0.29, 0.717) is 5.69 Å². The summed E-state index contributed by atoms with van der Waals surface area (Å²) in [6.07, 6.45) is 1.36. The Morgan fingerprint density at radius 2 is 1.74 bits per heavy atom. The molecule has 1 N–H and O–H groups in total. The number of rotatable bonds is 4. The maximum atomic E-state index is 12.3. The minimum atomic E-state index is -4.60. The Balaban J connectivity index is 2.90. The van der Waals surface area contributed by atoms with Crippen LogP contribution in [0.15, 0.2) is 40.8 Å². The third-order valence-corrected chi connectivity index (χ3v) is 3.50. The van der Waals surface area contributed by atoms with Gasteiger partial charge in [0.05, 0.1) is 4.90 Å². The lowest BCUT2D eigenvalue weighted by molar-refractivity contribution is -0.111. The number of alkyl halides is 2. The zero-order valence-corrected chi connectivity index (χ0v) is 11.2. The van der Waals surface area contributed by atoms with Gasteiger partial charge in [0, 0.05) is 11.8 Å². The standard InChI is InChI=1S/C12H13F2NO3S/c1-8(2)7-11(16)15-9-3-5-10(6-4-9)19(17,18)12(13)14/h3-7,12H,1-2H3,(H,15,16). The summed E-state index contributed by atoms with van der Waals surface area (Å²) in [6, 6.07) is 4.57. The molecule has 0 unspecified atom stereocenters. The van der Waals surface area contributed by atoms with Crippen LogP contribution < -0.4 is 5.32 Å². The fourth-order valence-electron chi connectivity index (χ4n) is 1.27. The SMILES string of the molecule is CC(C)=CC(=O)Nc1ccc(S(=O)(=O)C(F)F)cc1. The molecule has 1 aromatic rings. The van der Waals surface area contributed by atoms with Crippen molar-refractivity contribution in [2.75, 3.05) is 5.32 Å². The molecule has 1 amide bonds. The molecule has 19 heavy (non-hydrogen) atoms. The number of amides is 1. The summed E-state index contributed by atoms with van der Waals surface area (Å²) in [5, 5.41) is 2.48. The maximum absolute atomic E-state index is 12.3. The van der Waals surface area contributed by atoms with Gasteiger partial charge < -0.3 is 5.32 Å². The Hall–Kier alpha value is -1.76. The van der Waals surface area contributed by atoms with Crippen LogP contribution in [0.2, 0.25) is 0 Å². The summed E-state index contributed by atoms with van der Waals surface area (Å²) in [5.41, 5.74) is 1.13. The van der Waals surface area contributed by atoms with Crippen molar-refractivity contribution in [2.24, 2.45) is 0 Å². The second kappa shape index (κ2) is 5.92. The number of carbonyl (C=O) groups is 1. The lowest BCUT2D eigenvalue weighted by Crippen LogP contribution is -2.12. The molecular weight excluding hydrogens is 276 g/mol. The predicted octanol–water partition coefficient (Wildman–Crippen LogP) is 2.59. The van der Waals surface area contributed by atoms with Crippen LogP contribution in [0, 0.1) is 0 Å². The van der Waals surface area contributed by atoms with Crippen LogP contribution in [-0.4, -0.2) is 20.1 Å². The molecule has 1 rings (SSSR count). The Morgan fingerprint density at radius 3 is 2.16 bits per heavy atom. The first-order valence-electron chi connectivity index (χ1n) is 5.31. The van der Waals surface area contributed by atoms with E-state index in [1.165, 1.54) is 18.2 Å². The Kier molecular flexibility index (Phi) is 4.77. The predicted molar refractivity (Wildman–Crippen MR) is 67.7 cm³/mol. The van der Waals surface area contributed by atoms with Crippen LogP contribution in [0.5, 0.6) is 0 Å². The number of allylic oxidation sites excluding steroid dienone is 1. The monoisotopic (exact) mass is 289 g/mol. The zero-order chi connectivity index (χ0) is 14.6. The molecule has 0 atom stereocenters. The topological polar surface area (TPSA) is 63.2 Å². The van der Waals surface area contributed by atoms with Gasteiger partial charge in [0.2, 0.25) is 15.7 Å². The highest BCUT2D eigenvalue weighted by Crippen LogP contribution is 2.20. The van der Waals surface area contributed by atoms with Crippen molar-refractivity contribution in [3.8, 4) is 0 Å². The van der Waals surface area contributed by atoms with Gasteiger partial charge in [-0.3, -0.25) is 4.79 Å². The van der Waals surface area contributed by atoms with Crippen LogP contribution in [0.4, 0.5) is 14.5 Å². The van der Waals surface area contributed by atoms with Gasteiger partial charge in [-0.25, -0.2) is 8.42 Å². The van der Waals surface area contributed by atoms with Gasteiger partial charge in [0.25, 0.3) is 0 Å². The highest BCUT2D eigenvalue weighted by Gasteiger charge is 2.26. The lowest BCUT2D eigenvalue weighted by Gasteiger charge is -2.05. The molecule has 4 nitrogen and oxygen atoms in total. The van der Waals surface area contributed by atoms with Gasteiger partial charge >= 0.3 is 5.76 Å². The number of hydrogen-bond donors (Lipinski definition) is 1. The van der Waals surface area contributed by atoms with E-state index >= 15 is 0 Å². The zero-order valence-electron chi connectivity index (χ0n) is 10.4. The van der Waals surface area contributed by atoms with Crippen molar-refractivity contribution in [3.05, 3.63) is 35.9 Å². The summed E-state index contributed by atoms with van der Waals surface area (Å²) in [7, 11) is -4.60. The molecule has 0 saturated heterocycles. The molecule has 0 radical (unpaired) electrons. The van der Waals surface area contributed by atoms with Gasteiger partial charge in [0.1, 0.15) is 0 Å². The second-order valence-electron chi connectivity index (χ2n) is 4.04. The highest BCUT2D eigenvalue weighted by molar-refractivity contribution is 7.91. The number of sulfone groups is 1. The van der Waals surface area contributed by atoms with E-state index in [4.69, 9.17) is 0 Å². The van der Waals surface area contributed by atoms with Gasteiger partial charge in [-0.15, -0.1) is 0 Å². The van der Waals surface area contributed by atoms with Crippen molar-refractivity contribution in [3.63, 3.8) is 0 Å². The van der Waals surface area contributed by atoms with E-state index in [1.54, 1.807) is 13.8 Å². The molecule has 0 fully saturated rings. The van der Waals surface area contributed by atoms with Crippen molar-refractivity contribution in [1.29, 1.82) is 0 Å². The van der Waals surface area contributed by atoms with Gasteiger partial charge in [-0.1, -0.05) is 5.57 Å². The van der Waals surface area contributed by atoms with Crippen LogP contribution in [-0.2, 0) is 14.6 Å². The Bertz CT molecular complexity index is 588. The van der Waals surface area contributed by atoms with Crippen LogP contribution in [0.25, 0.3) is 0 Å². The molecule has 0 bridgehead atoms. The highest BCUT2D eigenvalue weighted by atomic mass is 32.2. The van der Waals surface area contributed by atoms with E-state index in [2.05, 4.69) is 5.32 Å². The smallest absolute Gasteiger partial charge is 0.323 e. The minimum Gasteiger partial charge on any atom is -0.323 e. The minimum absolute atomic E-state index is 0.329. The first kappa shape index (κ1) is 15.3. The lowest BCUT2D eigenvalue weighted by atomic mass is 10.3. The van der Waals surface area contributed by atoms with Crippen LogP contribution in [0.3, 0.4) is 0 Å². The molecule has 0 spiro atoms. The van der Waals surface area contributed by atoms with Crippen molar-refractivity contribution in [2.45, 2.75) is 24.5 Å². The van der Waals surface area contributed by atoms with Crippen LogP contribution in [0.1, 0.15) is 13.8 Å². The third kappa shape index (κ3) is 4.13. The summed E-state index contributed by atoms with van der Waals surface area (Å²) < 4.78 is 46.9. The van der Waals surface area contributed by atoms with E-state index in [1.807, 2.05) is 0 Å². The molecular formula is C12H13F2NO3S. The van der Waals surface area contributed by atoms with E-state index in [9.17, 15) is 22.0 Å². The van der Waals surface area contributed by atoms with E-state index < -0.39 is 20.5 Å². The Morgan fingerprint density at radius 1 is 1.21 bits per heavy atom. The summed E-state index contributed by atoms with van der Waals surface area (Å²) in [5.74, 6) is -3.83. The Labute approximate surface area is 110 Å². The van der Waals surface area contributed by atoms with Gasteiger partial charge in [-0.2, -0.15) is 8.78 Å². The second-order valence-corrected chi connectivity index (χ2v) is 5.96. The molecule has 0 aliphatic rings. The van der Waals surface area contributed by atoms with E-state index in [-0.39, 0.29) is 5.91 Å². The number of anilines is 1.